The fraction of sp³-hybridized carbons (Fsp3) is 0.688. The Labute approximate surface area is 262 Å². The number of hydrogen-bond acceptors (Lipinski definition) is 7. The number of rotatable bonds is 14. The molecule has 0 aliphatic carbocycles. The molecule has 0 radical (unpaired) electrons. The van der Waals surface area contributed by atoms with Crippen LogP contribution in [0, 0.1) is 12.5 Å². The van der Waals surface area contributed by atoms with E-state index in [1.165, 1.54) is 0 Å². The van der Waals surface area contributed by atoms with Gasteiger partial charge in [-0.05, 0) is 74.7 Å². The summed E-state index contributed by atoms with van der Waals surface area (Å²) in [5, 5.41) is 5.54. The highest BCUT2D eigenvalue weighted by molar-refractivity contribution is 6.75. The lowest BCUT2D eigenvalue weighted by Crippen LogP contribution is -2.50. The summed E-state index contributed by atoms with van der Waals surface area (Å²) in [7, 11) is -4.41. The third-order valence-electron chi connectivity index (χ3n) is 7.76. The minimum atomic E-state index is -2.24. The van der Waals surface area contributed by atoms with Gasteiger partial charge in [-0.2, -0.15) is 0 Å². The van der Waals surface area contributed by atoms with Crippen LogP contribution in [0.25, 0.3) is 0 Å². The van der Waals surface area contributed by atoms with Crippen LogP contribution in [0.15, 0.2) is 18.2 Å². The average molecular weight is 637 g/mol. The Morgan fingerprint density at radius 2 is 1.42 bits per heavy atom. The predicted octanol–water partition coefficient (Wildman–Crippen LogP) is 6.63. The summed E-state index contributed by atoms with van der Waals surface area (Å²) in [4.78, 5) is 26.0. The highest BCUT2D eigenvalue weighted by Gasteiger charge is 2.42. The van der Waals surface area contributed by atoms with E-state index < -0.39 is 34.4 Å². The quantitative estimate of drug-likeness (QED) is 0.134. The predicted molar refractivity (Wildman–Crippen MR) is 178 cm³/mol. The first-order valence-electron chi connectivity index (χ1n) is 14.9. The zero-order valence-electron chi connectivity index (χ0n) is 28.8. The summed E-state index contributed by atoms with van der Waals surface area (Å²) in [5.41, 5.74) is 0.0990. The first kappa shape index (κ1) is 38.3. The van der Waals surface area contributed by atoms with Gasteiger partial charge in [-0.3, -0.25) is 4.79 Å². The van der Waals surface area contributed by atoms with E-state index in [1.54, 1.807) is 20.8 Å². The van der Waals surface area contributed by atoms with Crippen LogP contribution in [-0.4, -0.2) is 66.6 Å². The minimum absolute atomic E-state index is 0.00151. The topological polar surface area (TPSA) is 104 Å². The molecule has 0 spiro atoms. The molecule has 0 heterocycles. The molecule has 1 aromatic rings. The maximum absolute atomic E-state index is 13.3. The van der Waals surface area contributed by atoms with Crippen molar-refractivity contribution < 1.29 is 32.7 Å². The summed E-state index contributed by atoms with van der Waals surface area (Å²) >= 11 is 0. The number of carbonyl (C=O) groups excluding carboxylic acids is 2. The van der Waals surface area contributed by atoms with Gasteiger partial charge >= 0.3 is 6.09 Å². The van der Waals surface area contributed by atoms with E-state index in [0.29, 0.717) is 18.1 Å². The SMILES string of the molecule is C#COCCOCCNC(=O)[C@H](Cc1ccc(O[Si](C)(C)C(C)(C)C)c(O[Si](C)(C)C(C)(C)C)c1)NC(=O)OC(C)(C)C. The van der Waals surface area contributed by atoms with Crippen molar-refractivity contribution in [3.05, 3.63) is 23.8 Å². The second-order valence-corrected chi connectivity index (χ2v) is 24.2. The number of hydrogen-bond donors (Lipinski definition) is 2. The normalized spacial score (nSPS) is 13.4. The van der Waals surface area contributed by atoms with E-state index in [1.807, 2.05) is 18.2 Å². The van der Waals surface area contributed by atoms with Crippen LogP contribution in [-0.2, 0) is 25.4 Å². The van der Waals surface area contributed by atoms with Crippen LogP contribution in [0.3, 0.4) is 0 Å². The molecule has 0 aliphatic rings. The molecule has 11 heteroatoms. The van der Waals surface area contributed by atoms with Crippen LogP contribution in [0.2, 0.25) is 36.3 Å². The molecule has 0 fully saturated rings. The number of nitrogens with one attached hydrogen (secondary N) is 2. The van der Waals surface area contributed by atoms with Crippen LogP contribution in [0.5, 0.6) is 11.5 Å². The van der Waals surface area contributed by atoms with E-state index in [9.17, 15) is 9.59 Å². The zero-order valence-corrected chi connectivity index (χ0v) is 30.8. The van der Waals surface area contributed by atoms with Crippen molar-refractivity contribution >= 4 is 28.6 Å². The molecular weight excluding hydrogens is 581 g/mol. The largest absolute Gasteiger partial charge is 0.541 e. The van der Waals surface area contributed by atoms with Crippen molar-refractivity contribution in [3.63, 3.8) is 0 Å². The van der Waals surface area contributed by atoms with Gasteiger partial charge in [-0.25, -0.2) is 4.79 Å². The summed E-state index contributed by atoms with van der Waals surface area (Å²) in [6.45, 7) is 28.4. The van der Waals surface area contributed by atoms with Gasteiger partial charge in [0.25, 0.3) is 16.6 Å². The molecule has 9 nitrogen and oxygen atoms in total. The van der Waals surface area contributed by atoms with Crippen molar-refractivity contribution in [2.45, 2.75) is 117 Å². The molecule has 1 rings (SSSR count). The first-order valence-corrected chi connectivity index (χ1v) is 20.7. The van der Waals surface area contributed by atoms with Crippen LogP contribution >= 0.6 is 0 Å². The van der Waals surface area contributed by atoms with Gasteiger partial charge in [0.05, 0.1) is 13.2 Å². The molecule has 0 saturated heterocycles. The second-order valence-electron chi connectivity index (χ2n) is 14.8. The van der Waals surface area contributed by atoms with Crippen molar-refractivity contribution in [2.75, 3.05) is 26.4 Å². The third kappa shape index (κ3) is 13.2. The Bertz CT molecular complexity index is 1110. The highest BCUT2D eigenvalue weighted by Crippen LogP contribution is 2.43. The van der Waals surface area contributed by atoms with Gasteiger partial charge < -0.3 is 33.7 Å². The Balaban J connectivity index is 3.33. The Kier molecular flexibility index (Phi) is 13.7. The summed E-state index contributed by atoms with van der Waals surface area (Å²) in [6.07, 6.45) is 6.68. The molecule has 43 heavy (non-hydrogen) atoms. The van der Waals surface area contributed by atoms with E-state index in [-0.39, 0.29) is 42.2 Å². The smallest absolute Gasteiger partial charge is 0.408 e. The number of carbonyl (C=O) groups is 2. The van der Waals surface area contributed by atoms with E-state index in [0.717, 1.165) is 5.56 Å². The van der Waals surface area contributed by atoms with Crippen LogP contribution in [0.1, 0.15) is 67.9 Å². The highest BCUT2D eigenvalue weighted by atomic mass is 28.4. The average Bonchev–Trinajstić information content (AvgIpc) is 2.81. The second kappa shape index (κ2) is 15.4. The van der Waals surface area contributed by atoms with Gasteiger partial charge in [0.2, 0.25) is 5.91 Å². The first-order chi connectivity index (χ1) is 19.5. The summed E-state index contributed by atoms with van der Waals surface area (Å²) < 4.78 is 29.2. The fourth-order valence-corrected chi connectivity index (χ4v) is 5.27. The Hall–Kier alpha value is -2.69. The Morgan fingerprint density at radius 3 is 1.93 bits per heavy atom. The maximum atomic E-state index is 13.3. The number of amides is 2. The molecule has 0 bridgehead atoms. The molecule has 244 valence electrons. The monoisotopic (exact) mass is 636 g/mol. The van der Waals surface area contributed by atoms with Crippen molar-refractivity contribution in [3.8, 4) is 24.0 Å². The molecule has 0 saturated carbocycles. The fourth-order valence-electron chi connectivity index (χ4n) is 3.23. The number of terminal acetylenes is 1. The third-order valence-corrected chi connectivity index (χ3v) is 16.4. The zero-order chi connectivity index (χ0) is 33.3. The lowest BCUT2D eigenvalue weighted by atomic mass is 10.0. The molecule has 2 N–H and O–H groups in total. The van der Waals surface area contributed by atoms with E-state index >= 15 is 0 Å². The Morgan fingerprint density at radius 1 is 0.860 bits per heavy atom. The van der Waals surface area contributed by atoms with Gasteiger partial charge in [0.15, 0.2) is 0 Å². The molecular formula is C32H56N2O7Si2. The van der Waals surface area contributed by atoms with Crippen LogP contribution < -0.4 is 19.5 Å². The minimum Gasteiger partial charge on any atom is -0.541 e. The van der Waals surface area contributed by atoms with Gasteiger partial charge in [0.1, 0.15) is 35.9 Å². The van der Waals surface area contributed by atoms with Gasteiger partial charge in [0, 0.05) is 13.0 Å². The standard InChI is InChI=1S/C32H56N2O7Si2/c1-15-37-20-21-38-19-18-33-28(35)25(34-29(36)39-30(2,3)4)22-24-16-17-26(40-42(11,12)31(5,6)7)27(23-24)41-43(13,14)32(8,9)10/h1,16-17,23,25H,18-22H2,2-14H3,(H,33,35)(H,34,36)/t25-/m0/s1. The molecule has 1 atom stereocenters. The van der Waals surface area contributed by atoms with Crippen molar-refractivity contribution in [1.29, 1.82) is 0 Å². The van der Waals surface area contributed by atoms with Gasteiger partial charge in [-0.1, -0.05) is 54.0 Å². The molecule has 0 aromatic heterocycles. The van der Waals surface area contributed by atoms with Crippen molar-refractivity contribution in [2.24, 2.45) is 0 Å². The molecule has 1 aromatic carbocycles. The molecule has 0 aliphatic heterocycles. The summed E-state index contributed by atoms with van der Waals surface area (Å²) in [5.74, 6) is 1.00. The van der Waals surface area contributed by atoms with E-state index in [4.69, 9.17) is 29.5 Å². The number of ether oxygens (including phenoxy) is 3. The van der Waals surface area contributed by atoms with Crippen molar-refractivity contribution in [1.82, 2.24) is 10.6 Å². The van der Waals surface area contributed by atoms with Gasteiger partial charge in [-0.15, -0.1) is 0 Å². The number of benzene rings is 1. The molecule has 0 unspecified atom stereocenters. The van der Waals surface area contributed by atoms with E-state index in [2.05, 4.69) is 84.5 Å². The lowest BCUT2D eigenvalue weighted by molar-refractivity contribution is -0.123. The van der Waals surface area contributed by atoms with Crippen LogP contribution in [0.4, 0.5) is 4.79 Å². The number of alkyl carbamates (subject to hydrolysis) is 1. The summed E-state index contributed by atoms with van der Waals surface area (Å²) in [6, 6.07) is 4.89. The molecule has 2 amide bonds. The maximum Gasteiger partial charge on any atom is 0.408 e. The lowest BCUT2D eigenvalue weighted by Gasteiger charge is -2.39.